The van der Waals surface area contributed by atoms with Gasteiger partial charge in [0.25, 0.3) is 5.56 Å². The van der Waals surface area contributed by atoms with Crippen LogP contribution < -0.4 is 10.9 Å². The van der Waals surface area contributed by atoms with E-state index in [2.05, 4.69) is 17.3 Å². The van der Waals surface area contributed by atoms with Gasteiger partial charge < -0.3 is 14.8 Å². The number of hydrogen-bond acceptors (Lipinski definition) is 3. The summed E-state index contributed by atoms with van der Waals surface area (Å²) in [5.74, 6) is 0.784. The molecule has 102 valence electrons. The molecule has 0 radical (unpaired) electrons. The quantitative estimate of drug-likeness (QED) is 0.815. The molecule has 3 heterocycles. The second kappa shape index (κ2) is 4.49. The maximum Gasteiger partial charge on any atom is 0.274 e. The van der Waals surface area contributed by atoms with Crippen LogP contribution in [0.1, 0.15) is 25.0 Å². The number of pyridine rings is 1. The van der Waals surface area contributed by atoms with Crippen molar-refractivity contribution in [2.75, 3.05) is 25.5 Å². The van der Waals surface area contributed by atoms with Crippen molar-refractivity contribution in [3.63, 3.8) is 0 Å². The van der Waals surface area contributed by atoms with Crippen molar-refractivity contribution in [3.05, 3.63) is 28.2 Å². The van der Waals surface area contributed by atoms with E-state index in [1.165, 1.54) is 13.3 Å². The first-order valence-corrected chi connectivity index (χ1v) is 6.74. The molecule has 0 saturated carbocycles. The molecule has 5 heteroatoms. The molecular formula is C14H19N3O2. The van der Waals surface area contributed by atoms with Crippen LogP contribution in [0.4, 0.5) is 5.69 Å². The largest absolute Gasteiger partial charge is 0.322 e. The Morgan fingerprint density at radius 2 is 2.11 bits per heavy atom. The number of carbonyl (C=O) groups excluding carboxylic acids is 1. The standard InChI is InChI=1S/C14H19N3O2/c1-9(18)15-12-3-4-13-11-5-10(6-16(2)8-11)7-17(13)14(12)19/h3-4,10-11H,5-8H2,1-2H3,(H,15,18)/t10-,11+/m0/s1. The first-order chi connectivity index (χ1) is 9.04. The van der Waals surface area contributed by atoms with E-state index in [0.717, 1.165) is 25.3 Å². The van der Waals surface area contributed by atoms with Crippen LogP contribution in [0.25, 0.3) is 0 Å². The first kappa shape index (κ1) is 12.4. The Hall–Kier alpha value is -1.62. The Kier molecular flexibility index (Phi) is 2.93. The van der Waals surface area contributed by atoms with Crippen molar-refractivity contribution >= 4 is 11.6 Å². The van der Waals surface area contributed by atoms with Crippen LogP contribution in [0.3, 0.4) is 0 Å². The number of aromatic nitrogens is 1. The van der Waals surface area contributed by atoms with E-state index in [4.69, 9.17) is 0 Å². The number of fused-ring (bicyclic) bond motifs is 4. The van der Waals surface area contributed by atoms with Gasteiger partial charge in [-0.25, -0.2) is 0 Å². The number of nitrogens with zero attached hydrogens (tertiary/aromatic N) is 2. The van der Waals surface area contributed by atoms with E-state index in [9.17, 15) is 9.59 Å². The molecule has 3 rings (SSSR count). The van der Waals surface area contributed by atoms with Crippen molar-refractivity contribution in [1.82, 2.24) is 9.47 Å². The monoisotopic (exact) mass is 261 g/mol. The number of likely N-dealkylation sites (tertiary alicyclic amines) is 1. The molecule has 2 aliphatic heterocycles. The predicted molar refractivity (Wildman–Crippen MR) is 73.4 cm³/mol. The molecular weight excluding hydrogens is 242 g/mol. The van der Waals surface area contributed by atoms with Crippen molar-refractivity contribution in [2.24, 2.45) is 5.92 Å². The fraction of sp³-hybridized carbons (Fsp3) is 0.571. The lowest BCUT2D eigenvalue weighted by Crippen LogP contribution is -2.45. The molecule has 0 spiro atoms. The highest BCUT2D eigenvalue weighted by Crippen LogP contribution is 2.34. The summed E-state index contributed by atoms with van der Waals surface area (Å²) in [6, 6.07) is 3.73. The maximum absolute atomic E-state index is 12.4. The van der Waals surface area contributed by atoms with Gasteiger partial charge in [0.2, 0.25) is 5.91 Å². The van der Waals surface area contributed by atoms with Gasteiger partial charge >= 0.3 is 0 Å². The van der Waals surface area contributed by atoms with Gasteiger partial charge in [-0.2, -0.15) is 0 Å². The summed E-state index contributed by atoms with van der Waals surface area (Å²) < 4.78 is 1.86. The Morgan fingerprint density at radius 3 is 2.84 bits per heavy atom. The molecule has 0 unspecified atom stereocenters. The zero-order valence-electron chi connectivity index (χ0n) is 11.3. The first-order valence-electron chi connectivity index (χ1n) is 6.74. The maximum atomic E-state index is 12.4. The number of anilines is 1. The Labute approximate surface area is 112 Å². The summed E-state index contributed by atoms with van der Waals surface area (Å²) in [6.45, 7) is 4.25. The minimum absolute atomic E-state index is 0.0630. The second-order valence-corrected chi connectivity index (χ2v) is 5.79. The van der Waals surface area contributed by atoms with Crippen LogP contribution in [-0.2, 0) is 11.3 Å². The number of rotatable bonds is 1. The molecule has 1 amide bonds. The third-order valence-corrected chi connectivity index (χ3v) is 4.10. The lowest BCUT2D eigenvalue weighted by molar-refractivity contribution is -0.114. The van der Waals surface area contributed by atoms with Crippen LogP contribution in [0.15, 0.2) is 16.9 Å². The lowest BCUT2D eigenvalue weighted by Gasteiger charge is -2.41. The van der Waals surface area contributed by atoms with Gasteiger partial charge in [0.05, 0.1) is 0 Å². The summed E-state index contributed by atoms with van der Waals surface area (Å²) in [7, 11) is 2.14. The number of nitrogens with one attached hydrogen (secondary N) is 1. The average Bonchev–Trinajstić information content (AvgIpc) is 2.32. The zero-order chi connectivity index (χ0) is 13.6. The van der Waals surface area contributed by atoms with Gasteiger partial charge in [-0.1, -0.05) is 0 Å². The van der Waals surface area contributed by atoms with E-state index in [1.807, 2.05) is 10.6 Å². The Balaban J connectivity index is 2.02. The molecule has 2 atom stereocenters. The number of piperidine rings is 1. The lowest BCUT2D eigenvalue weighted by atomic mass is 9.83. The molecule has 1 N–H and O–H groups in total. The molecule has 1 aromatic rings. The van der Waals surface area contributed by atoms with Crippen LogP contribution in [0, 0.1) is 5.92 Å². The molecule has 1 fully saturated rings. The molecule has 5 nitrogen and oxygen atoms in total. The number of carbonyl (C=O) groups is 1. The highest BCUT2D eigenvalue weighted by atomic mass is 16.2. The van der Waals surface area contributed by atoms with Gasteiger partial charge in [0.1, 0.15) is 5.69 Å². The molecule has 0 aliphatic carbocycles. The molecule has 1 aromatic heterocycles. The van der Waals surface area contributed by atoms with Crippen molar-refractivity contribution in [3.8, 4) is 0 Å². The molecule has 2 aliphatic rings. The summed E-state index contributed by atoms with van der Waals surface area (Å²) in [5, 5.41) is 2.61. The third-order valence-electron chi connectivity index (χ3n) is 4.10. The minimum Gasteiger partial charge on any atom is -0.322 e. The highest BCUT2D eigenvalue weighted by molar-refractivity contribution is 5.88. The van der Waals surface area contributed by atoms with E-state index in [1.54, 1.807) is 6.07 Å². The molecule has 1 saturated heterocycles. The van der Waals surface area contributed by atoms with Crippen molar-refractivity contribution in [1.29, 1.82) is 0 Å². The highest BCUT2D eigenvalue weighted by Gasteiger charge is 2.33. The molecule has 2 bridgehead atoms. The van der Waals surface area contributed by atoms with Gasteiger partial charge in [-0.05, 0) is 31.5 Å². The van der Waals surface area contributed by atoms with Crippen LogP contribution in [0.5, 0.6) is 0 Å². The van der Waals surface area contributed by atoms with Crippen molar-refractivity contribution < 1.29 is 4.79 Å². The fourth-order valence-corrected chi connectivity index (χ4v) is 3.47. The van der Waals surface area contributed by atoms with E-state index >= 15 is 0 Å². The SMILES string of the molecule is CC(=O)Nc1ccc2n(c1=O)C[C@H]1C[C@@H]2CN(C)C1. The summed E-state index contributed by atoms with van der Waals surface area (Å²) in [5.41, 5.74) is 1.44. The van der Waals surface area contributed by atoms with Gasteiger partial charge in [-0.15, -0.1) is 0 Å². The van der Waals surface area contributed by atoms with Crippen LogP contribution >= 0.6 is 0 Å². The second-order valence-electron chi connectivity index (χ2n) is 5.79. The number of likely N-dealkylation sites (N-methyl/N-ethyl adjacent to an activating group) is 1. The number of hydrogen-bond donors (Lipinski definition) is 1. The average molecular weight is 261 g/mol. The van der Waals surface area contributed by atoms with Crippen LogP contribution in [0.2, 0.25) is 0 Å². The zero-order valence-corrected chi connectivity index (χ0v) is 11.3. The third kappa shape index (κ3) is 2.18. The topological polar surface area (TPSA) is 54.3 Å². The minimum atomic E-state index is -0.201. The normalized spacial score (nSPS) is 25.8. The van der Waals surface area contributed by atoms with Gasteiger partial charge in [0.15, 0.2) is 0 Å². The Morgan fingerprint density at radius 1 is 1.32 bits per heavy atom. The van der Waals surface area contributed by atoms with E-state index in [0.29, 0.717) is 17.5 Å². The number of amides is 1. The van der Waals surface area contributed by atoms with Gasteiger partial charge in [0, 0.05) is 38.2 Å². The van der Waals surface area contributed by atoms with Crippen LogP contribution in [-0.4, -0.2) is 35.5 Å². The predicted octanol–water partition coefficient (Wildman–Crippen LogP) is 0.856. The Bertz CT molecular complexity index is 579. The van der Waals surface area contributed by atoms with Gasteiger partial charge in [-0.3, -0.25) is 9.59 Å². The molecule has 19 heavy (non-hydrogen) atoms. The summed E-state index contributed by atoms with van der Waals surface area (Å²) in [4.78, 5) is 25.8. The molecule has 0 aromatic carbocycles. The summed E-state index contributed by atoms with van der Waals surface area (Å²) in [6.07, 6.45) is 1.17. The fourth-order valence-electron chi connectivity index (χ4n) is 3.47. The van der Waals surface area contributed by atoms with E-state index < -0.39 is 0 Å². The smallest absolute Gasteiger partial charge is 0.274 e. The van der Waals surface area contributed by atoms with E-state index in [-0.39, 0.29) is 11.5 Å². The summed E-state index contributed by atoms with van der Waals surface area (Å²) >= 11 is 0. The van der Waals surface area contributed by atoms with Crippen molar-refractivity contribution in [2.45, 2.75) is 25.8 Å².